The summed E-state index contributed by atoms with van der Waals surface area (Å²) < 4.78 is 6.18. The number of hydrogen-bond acceptors (Lipinski definition) is 2. The molecule has 1 aliphatic carbocycles. The lowest BCUT2D eigenvalue weighted by molar-refractivity contribution is 0.441. The second-order valence-electron chi connectivity index (χ2n) is 6.82. The molecular weight excluding hydrogens is 296 g/mol. The predicted octanol–water partition coefficient (Wildman–Crippen LogP) is 6.08. The maximum atomic E-state index is 6.18. The molecule has 3 heteroatoms. The van der Waals surface area contributed by atoms with Crippen LogP contribution in [0, 0.1) is 6.92 Å². The van der Waals surface area contributed by atoms with Gasteiger partial charge in [-0.3, -0.25) is 0 Å². The van der Waals surface area contributed by atoms with Crippen molar-refractivity contribution in [3.63, 3.8) is 0 Å². The van der Waals surface area contributed by atoms with Gasteiger partial charge in [-0.1, -0.05) is 56.0 Å². The van der Waals surface area contributed by atoms with E-state index in [4.69, 9.17) is 9.40 Å². The summed E-state index contributed by atoms with van der Waals surface area (Å²) in [5.41, 5.74) is 3.20. The molecule has 1 saturated carbocycles. The van der Waals surface area contributed by atoms with Crippen LogP contribution in [0.2, 0.25) is 0 Å². The SMILES string of the molecule is Cc1[nH]c(-c2ccc(C3CCCCCC3)o2)nc1-c1ccccc1. The molecule has 0 spiro atoms. The lowest BCUT2D eigenvalue weighted by Crippen LogP contribution is -1.94. The molecule has 1 aromatic carbocycles. The van der Waals surface area contributed by atoms with E-state index in [1.165, 1.54) is 38.5 Å². The number of hydrogen-bond donors (Lipinski definition) is 1. The summed E-state index contributed by atoms with van der Waals surface area (Å²) in [5, 5.41) is 0. The van der Waals surface area contributed by atoms with Gasteiger partial charge in [0.2, 0.25) is 0 Å². The summed E-state index contributed by atoms with van der Waals surface area (Å²) in [7, 11) is 0. The zero-order valence-corrected chi connectivity index (χ0v) is 14.2. The van der Waals surface area contributed by atoms with Gasteiger partial charge in [-0.2, -0.15) is 0 Å². The highest BCUT2D eigenvalue weighted by Crippen LogP contribution is 2.35. The quantitative estimate of drug-likeness (QED) is 0.594. The van der Waals surface area contributed by atoms with Gasteiger partial charge in [-0.05, 0) is 31.9 Å². The Bertz CT molecular complexity index is 792. The van der Waals surface area contributed by atoms with Gasteiger partial charge in [0.1, 0.15) is 5.76 Å². The second-order valence-corrected chi connectivity index (χ2v) is 6.82. The second kappa shape index (κ2) is 6.68. The minimum Gasteiger partial charge on any atom is -0.458 e. The molecule has 0 atom stereocenters. The highest BCUT2D eigenvalue weighted by Gasteiger charge is 2.19. The molecule has 124 valence electrons. The van der Waals surface area contributed by atoms with Crippen molar-refractivity contribution < 1.29 is 4.42 Å². The molecule has 24 heavy (non-hydrogen) atoms. The van der Waals surface area contributed by atoms with Gasteiger partial charge in [0.25, 0.3) is 0 Å². The van der Waals surface area contributed by atoms with E-state index < -0.39 is 0 Å². The molecule has 4 rings (SSSR count). The number of nitrogens with zero attached hydrogens (tertiary/aromatic N) is 1. The molecule has 0 amide bonds. The molecule has 0 unspecified atom stereocenters. The van der Waals surface area contributed by atoms with Crippen molar-refractivity contribution in [2.75, 3.05) is 0 Å². The number of nitrogens with one attached hydrogen (secondary N) is 1. The first-order valence-electron chi connectivity index (χ1n) is 9.03. The number of benzene rings is 1. The Morgan fingerprint density at radius 1 is 0.958 bits per heavy atom. The van der Waals surface area contributed by atoms with Crippen LogP contribution in [-0.4, -0.2) is 9.97 Å². The fourth-order valence-electron chi connectivity index (χ4n) is 3.72. The van der Waals surface area contributed by atoms with E-state index in [0.717, 1.165) is 34.3 Å². The summed E-state index contributed by atoms with van der Waals surface area (Å²) >= 11 is 0. The van der Waals surface area contributed by atoms with E-state index in [9.17, 15) is 0 Å². The van der Waals surface area contributed by atoms with Crippen molar-refractivity contribution in [3.05, 3.63) is 53.9 Å². The van der Waals surface area contributed by atoms with E-state index in [1.54, 1.807) is 0 Å². The third-order valence-electron chi connectivity index (χ3n) is 5.05. The average molecular weight is 320 g/mol. The summed E-state index contributed by atoms with van der Waals surface area (Å²) in [6.07, 6.45) is 7.86. The third-order valence-corrected chi connectivity index (χ3v) is 5.05. The van der Waals surface area contributed by atoms with Crippen LogP contribution in [0.5, 0.6) is 0 Å². The number of aromatic amines is 1. The molecule has 1 aliphatic rings. The summed E-state index contributed by atoms with van der Waals surface area (Å²) in [5.74, 6) is 3.37. The van der Waals surface area contributed by atoms with Crippen LogP contribution in [0.3, 0.4) is 0 Å². The number of imidazole rings is 1. The predicted molar refractivity (Wildman–Crippen MR) is 96.9 cm³/mol. The normalized spacial score (nSPS) is 16.2. The van der Waals surface area contributed by atoms with E-state index in [1.807, 2.05) is 18.2 Å². The summed E-state index contributed by atoms with van der Waals surface area (Å²) in [6.45, 7) is 2.06. The van der Waals surface area contributed by atoms with Gasteiger partial charge in [0.05, 0.1) is 5.69 Å². The van der Waals surface area contributed by atoms with Crippen molar-refractivity contribution in [1.29, 1.82) is 0 Å². The van der Waals surface area contributed by atoms with E-state index >= 15 is 0 Å². The fraction of sp³-hybridized carbons (Fsp3) is 0.381. The molecule has 2 heterocycles. The largest absolute Gasteiger partial charge is 0.458 e. The van der Waals surface area contributed by atoms with Crippen LogP contribution < -0.4 is 0 Å². The summed E-state index contributed by atoms with van der Waals surface area (Å²) in [6, 6.07) is 14.5. The Kier molecular flexibility index (Phi) is 4.24. The molecule has 0 saturated heterocycles. The van der Waals surface area contributed by atoms with Crippen LogP contribution in [0.4, 0.5) is 0 Å². The van der Waals surface area contributed by atoms with Crippen LogP contribution in [0.1, 0.15) is 55.9 Å². The topological polar surface area (TPSA) is 41.8 Å². The van der Waals surface area contributed by atoms with Crippen molar-refractivity contribution in [2.24, 2.45) is 0 Å². The number of aromatic nitrogens is 2. The van der Waals surface area contributed by atoms with Crippen molar-refractivity contribution in [1.82, 2.24) is 9.97 Å². The molecule has 2 aromatic heterocycles. The molecule has 0 aliphatic heterocycles. The Morgan fingerprint density at radius 3 is 2.46 bits per heavy atom. The zero-order valence-electron chi connectivity index (χ0n) is 14.2. The number of aryl methyl sites for hydroxylation is 1. The maximum Gasteiger partial charge on any atom is 0.174 e. The van der Waals surface area contributed by atoms with Gasteiger partial charge in [0, 0.05) is 17.2 Å². The molecular formula is C21H24N2O. The third kappa shape index (κ3) is 3.03. The lowest BCUT2D eigenvalue weighted by Gasteiger charge is -2.09. The monoisotopic (exact) mass is 320 g/mol. The van der Waals surface area contributed by atoms with E-state index in [-0.39, 0.29) is 0 Å². The smallest absolute Gasteiger partial charge is 0.174 e. The van der Waals surface area contributed by atoms with Gasteiger partial charge >= 0.3 is 0 Å². The molecule has 1 fully saturated rings. The first-order valence-corrected chi connectivity index (χ1v) is 9.03. The van der Waals surface area contributed by atoms with Gasteiger partial charge < -0.3 is 9.40 Å². The maximum absolute atomic E-state index is 6.18. The lowest BCUT2D eigenvalue weighted by atomic mass is 9.98. The average Bonchev–Trinajstić information content (AvgIpc) is 3.15. The Labute approximate surface area is 143 Å². The highest BCUT2D eigenvalue weighted by molar-refractivity contribution is 5.65. The van der Waals surface area contributed by atoms with Crippen molar-refractivity contribution in [2.45, 2.75) is 51.4 Å². The number of H-pyrrole nitrogens is 1. The molecule has 0 bridgehead atoms. The van der Waals surface area contributed by atoms with Gasteiger partial charge in [0.15, 0.2) is 11.6 Å². The van der Waals surface area contributed by atoms with Crippen LogP contribution in [-0.2, 0) is 0 Å². The minimum absolute atomic E-state index is 0.575. The molecule has 3 nitrogen and oxygen atoms in total. The molecule has 3 aromatic rings. The first-order chi connectivity index (χ1) is 11.8. The Hall–Kier alpha value is -2.29. The van der Waals surface area contributed by atoms with Gasteiger partial charge in [-0.15, -0.1) is 0 Å². The fourth-order valence-corrected chi connectivity index (χ4v) is 3.72. The van der Waals surface area contributed by atoms with E-state index in [2.05, 4.69) is 36.2 Å². The van der Waals surface area contributed by atoms with Crippen molar-refractivity contribution >= 4 is 0 Å². The standard InChI is InChI=1S/C21H24N2O/c1-15-20(17-11-7-4-8-12-17)23-21(22-15)19-14-13-18(24-19)16-9-5-2-3-6-10-16/h4,7-8,11-14,16H,2-3,5-6,9-10H2,1H3,(H,22,23). The Morgan fingerprint density at radius 2 is 1.71 bits per heavy atom. The van der Waals surface area contributed by atoms with Crippen molar-refractivity contribution in [3.8, 4) is 22.8 Å². The summed E-state index contributed by atoms with van der Waals surface area (Å²) in [4.78, 5) is 8.16. The van der Waals surface area contributed by atoms with E-state index in [0.29, 0.717) is 5.92 Å². The minimum atomic E-state index is 0.575. The number of furan rings is 1. The first kappa shape index (κ1) is 15.3. The van der Waals surface area contributed by atoms with Crippen LogP contribution in [0.25, 0.3) is 22.8 Å². The Balaban J connectivity index is 1.61. The highest BCUT2D eigenvalue weighted by atomic mass is 16.3. The zero-order chi connectivity index (χ0) is 16.4. The van der Waals surface area contributed by atoms with Crippen LogP contribution in [0.15, 0.2) is 46.9 Å². The molecule has 0 radical (unpaired) electrons. The number of rotatable bonds is 3. The van der Waals surface area contributed by atoms with Crippen LogP contribution >= 0.6 is 0 Å². The van der Waals surface area contributed by atoms with Gasteiger partial charge in [-0.25, -0.2) is 4.98 Å². The molecule has 1 N–H and O–H groups in total.